The van der Waals surface area contributed by atoms with Crippen molar-refractivity contribution in [2.24, 2.45) is 0 Å². The fourth-order valence-electron chi connectivity index (χ4n) is 1.76. The summed E-state index contributed by atoms with van der Waals surface area (Å²) in [6.07, 6.45) is 2.25. The van der Waals surface area contributed by atoms with Crippen LogP contribution < -0.4 is 5.56 Å². The largest absolute Gasteiger partial charge is 0.394 e. The Morgan fingerprint density at radius 2 is 2.38 bits per heavy atom. The van der Waals surface area contributed by atoms with Gasteiger partial charge in [0.05, 0.1) is 24.4 Å². The highest BCUT2D eigenvalue weighted by atomic mass is 32.1. The van der Waals surface area contributed by atoms with E-state index in [2.05, 4.69) is 4.98 Å². The van der Waals surface area contributed by atoms with Gasteiger partial charge in [-0.2, -0.15) is 0 Å². The molecule has 0 amide bonds. The van der Waals surface area contributed by atoms with E-state index in [-0.39, 0.29) is 18.2 Å². The van der Waals surface area contributed by atoms with E-state index in [1.165, 1.54) is 22.2 Å². The van der Waals surface area contributed by atoms with Crippen molar-refractivity contribution in [1.29, 1.82) is 0 Å². The van der Waals surface area contributed by atoms with Crippen molar-refractivity contribution in [2.75, 3.05) is 6.61 Å². The highest BCUT2D eigenvalue weighted by molar-refractivity contribution is 7.16. The van der Waals surface area contributed by atoms with E-state index in [9.17, 15) is 9.90 Å². The van der Waals surface area contributed by atoms with Gasteiger partial charge in [-0.25, -0.2) is 4.98 Å². The fraction of sp³-hybridized carbons (Fsp3) is 0.455. The van der Waals surface area contributed by atoms with E-state index in [0.717, 1.165) is 10.4 Å². The molecule has 2 aromatic rings. The van der Waals surface area contributed by atoms with Crippen LogP contribution in [0.3, 0.4) is 0 Å². The van der Waals surface area contributed by atoms with Crippen molar-refractivity contribution >= 4 is 21.6 Å². The minimum Gasteiger partial charge on any atom is -0.394 e. The van der Waals surface area contributed by atoms with E-state index >= 15 is 0 Å². The van der Waals surface area contributed by atoms with Gasteiger partial charge in [-0.3, -0.25) is 9.36 Å². The van der Waals surface area contributed by atoms with Crippen LogP contribution >= 0.6 is 11.3 Å². The SMILES string of the molecule is CC[C@H](CO)n1cnc2scc(C)c2c1=O. The van der Waals surface area contributed by atoms with Crippen LogP contribution in [0, 0.1) is 6.92 Å². The third-order valence-corrected chi connectivity index (χ3v) is 3.78. The van der Waals surface area contributed by atoms with Gasteiger partial charge < -0.3 is 5.11 Å². The molecule has 0 aliphatic heterocycles. The highest BCUT2D eigenvalue weighted by Gasteiger charge is 2.13. The van der Waals surface area contributed by atoms with Crippen LogP contribution in [0.2, 0.25) is 0 Å². The summed E-state index contributed by atoms with van der Waals surface area (Å²) in [6.45, 7) is 3.82. The zero-order valence-corrected chi connectivity index (χ0v) is 10.1. The number of aliphatic hydroxyl groups excluding tert-OH is 1. The number of hydrogen-bond donors (Lipinski definition) is 1. The molecule has 0 unspecified atom stereocenters. The number of hydrogen-bond acceptors (Lipinski definition) is 4. The first-order valence-corrected chi connectivity index (χ1v) is 6.12. The molecule has 1 N–H and O–H groups in total. The lowest BCUT2D eigenvalue weighted by atomic mass is 10.2. The smallest absolute Gasteiger partial charge is 0.262 e. The molecule has 2 heterocycles. The van der Waals surface area contributed by atoms with Crippen LogP contribution in [0.25, 0.3) is 10.2 Å². The van der Waals surface area contributed by atoms with Crippen LogP contribution in [0.1, 0.15) is 24.9 Å². The van der Waals surface area contributed by atoms with Gasteiger partial charge in [0.2, 0.25) is 0 Å². The maximum atomic E-state index is 12.2. The average molecular weight is 238 g/mol. The van der Waals surface area contributed by atoms with E-state index in [1.54, 1.807) is 0 Å². The minimum absolute atomic E-state index is 0.0349. The Hall–Kier alpha value is -1.20. The molecule has 0 fully saturated rings. The average Bonchev–Trinajstić information content (AvgIpc) is 2.66. The number of aliphatic hydroxyl groups is 1. The molecule has 0 saturated carbocycles. The predicted molar refractivity (Wildman–Crippen MR) is 65.0 cm³/mol. The monoisotopic (exact) mass is 238 g/mol. The second-order valence-electron chi connectivity index (χ2n) is 3.80. The maximum absolute atomic E-state index is 12.2. The van der Waals surface area contributed by atoms with Crippen molar-refractivity contribution < 1.29 is 5.11 Å². The molecule has 16 heavy (non-hydrogen) atoms. The van der Waals surface area contributed by atoms with Crippen LogP contribution in [0.5, 0.6) is 0 Å². The number of aryl methyl sites for hydroxylation is 1. The number of nitrogens with zero attached hydrogens (tertiary/aromatic N) is 2. The Labute approximate surface area is 97.2 Å². The van der Waals surface area contributed by atoms with Gasteiger partial charge in [-0.1, -0.05) is 6.92 Å². The second-order valence-corrected chi connectivity index (χ2v) is 4.66. The normalized spacial score (nSPS) is 13.2. The van der Waals surface area contributed by atoms with Crippen molar-refractivity contribution in [2.45, 2.75) is 26.3 Å². The summed E-state index contributed by atoms with van der Waals surface area (Å²) in [5.41, 5.74) is 0.907. The van der Waals surface area contributed by atoms with Crippen LogP contribution in [0.4, 0.5) is 0 Å². The molecule has 0 aromatic carbocycles. The fourth-order valence-corrected chi connectivity index (χ4v) is 2.64. The summed E-state index contributed by atoms with van der Waals surface area (Å²) in [7, 11) is 0. The Bertz CT molecular complexity index is 555. The van der Waals surface area contributed by atoms with E-state index in [1.807, 2.05) is 19.2 Å². The summed E-state index contributed by atoms with van der Waals surface area (Å²) in [4.78, 5) is 17.2. The lowest BCUT2D eigenvalue weighted by Gasteiger charge is -2.14. The van der Waals surface area contributed by atoms with Crippen LogP contribution in [-0.4, -0.2) is 21.3 Å². The standard InChI is InChI=1S/C11H14N2O2S/c1-3-8(4-14)13-6-12-10-9(11(13)15)7(2)5-16-10/h5-6,8,14H,3-4H2,1-2H3/t8-/m1/s1. The number of fused-ring (bicyclic) bond motifs is 1. The lowest BCUT2D eigenvalue weighted by Crippen LogP contribution is -2.26. The molecule has 0 aliphatic carbocycles. The first-order chi connectivity index (χ1) is 7.69. The van der Waals surface area contributed by atoms with E-state index in [0.29, 0.717) is 11.8 Å². The molecule has 2 rings (SSSR count). The first kappa shape index (κ1) is 11.3. The molecular weight excluding hydrogens is 224 g/mol. The van der Waals surface area contributed by atoms with Crippen molar-refractivity contribution in [3.05, 3.63) is 27.6 Å². The van der Waals surface area contributed by atoms with Gasteiger partial charge in [-0.05, 0) is 24.3 Å². The Balaban J connectivity index is 2.68. The van der Waals surface area contributed by atoms with Gasteiger partial charge in [-0.15, -0.1) is 11.3 Å². The summed E-state index contributed by atoms with van der Waals surface area (Å²) in [5.74, 6) is 0. The summed E-state index contributed by atoms with van der Waals surface area (Å²) >= 11 is 1.48. The Morgan fingerprint density at radius 1 is 1.62 bits per heavy atom. The number of aromatic nitrogens is 2. The maximum Gasteiger partial charge on any atom is 0.262 e. The Morgan fingerprint density at radius 3 is 3.00 bits per heavy atom. The van der Waals surface area contributed by atoms with Crippen molar-refractivity contribution in [3.63, 3.8) is 0 Å². The van der Waals surface area contributed by atoms with E-state index in [4.69, 9.17) is 0 Å². The molecule has 0 saturated heterocycles. The third kappa shape index (κ3) is 1.66. The molecular formula is C11H14N2O2S. The molecule has 0 bridgehead atoms. The van der Waals surface area contributed by atoms with Gasteiger partial charge >= 0.3 is 0 Å². The highest BCUT2D eigenvalue weighted by Crippen LogP contribution is 2.20. The summed E-state index contributed by atoms with van der Waals surface area (Å²) in [5, 5.41) is 11.8. The molecule has 0 aliphatic rings. The van der Waals surface area contributed by atoms with Gasteiger partial charge in [0, 0.05) is 0 Å². The lowest BCUT2D eigenvalue weighted by molar-refractivity contribution is 0.221. The zero-order valence-electron chi connectivity index (χ0n) is 9.30. The van der Waals surface area contributed by atoms with Crippen LogP contribution in [0.15, 0.2) is 16.5 Å². The second kappa shape index (κ2) is 4.35. The molecule has 0 spiro atoms. The molecule has 1 atom stereocenters. The zero-order chi connectivity index (χ0) is 11.7. The quantitative estimate of drug-likeness (QED) is 0.885. The predicted octanol–water partition coefficient (Wildman–Crippen LogP) is 1.71. The minimum atomic E-state index is -0.177. The molecule has 0 radical (unpaired) electrons. The number of rotatable bonds is 3. The first-order valence-electron chi connectivity index (χ1n) is 5.24. The van der Waals surface area contributed by atoms with Gasteiger partial charge in [0.25, 0.3) is 5.56 Å². The topological polar surface area (TPSA) is 55.1 Å². The Kier molecular flexibility index (Phi) is 3.07. The van der Waals surface area contributed by atoms with E-state index < -0.39 is 0 Å². The molecule has 2 aromatic heterocycles. The van der Waals surface area contributed by atoms with Crippen molar-refractivity contribution in [3.8, 4) is 0 Å². The van der Waals surface area contributed by atoms with Crippen LogP contribution in [-0.2, 0) is 0 Å². The summed E-state index contributed by atoms with van der Waals surface area (Å²) in [6, 6.07) is -0.177. The van der Waals surface area contributed by atoms with Crippen molar-refractivity contribution in [1.82, 2.24) is 9.55 Å². The number of thiophene rings is 1. The third-order valence-electron chi connectivity index (χ3n) is 2.78. The molecule has 86 valence electrons. The van der Waals surface area contributed by atoms with Gasteiger partial charge in [0.15, 0.2) is 0 Å². The molecule has 4 nitrogen and oxygen atoms in total. The van der Waals surface area contributed by atoms with Gasteiger partial charge in [0.1, 0.15) is 4.83 Å². The molecule has 5 heteroatoms. The summed E-state index contributed by atoms with van der Waals surface area (Å²) < 4.78 is 1.53.